The molecule has 1 heterocycles. The van der Waals surface area contributed by atoms with Gasteiger partial charge in [-0.25, -0.2) is 0 Å². The van der Waals surface area contributed by atoms with E-state index in [1.807, 2.05) is 6.08 Å². The summed E-state index contributed by atoms with van der Waals surface area (Å²) in [6, 6.07) is 0.416. The molecule has 1 saturated heterocycles. The fourth-order valence-corrected chi connectivity index (χ4v) is 3.89. The average molecular weight is 281 g/mol. The fourth-order valence-electron chi connectivity index (χ4n) is 3.89. The van der Waals surface area contributed by atoms with Crippen molar-refractivity contribution in [2.45, 2.75) is 83.2 Å². The lowest BCUT2D eigenvalue weighted by molar-refractivity contribution is 0.0575. The minimum absolute atomic E-state index is 0.254. The Kier molecular flexibility index (Phi) is 8.43. The van der Waals surface area contributed by atoms with Gasteiger partial charge < -0.3 is 0 Å². The maximum Gasteiger partial charge on any atom is 0.0394 e. The molecule has 3 N–H and O–H groups in total. The minimum Gasteiger partial charge on any atom is -0.296 e. The van der Waals surface area contributed by atoms with Crippen LogP contribution in [0.4, 0.5) is 0 Å². The molecule has 1 aliphatic rings. The van der Waals surface area contributed by atoms with Gasteiger partial charge in [0.1, 0.15) is 0 Å². The summed E-state index contributed by atoms with van der Waals surface area (Å²) in [6.45, 7) is 10.9. The molecule has 0 radical (unpaired) electrons. The second-order valence-electron chi connectivity index (χ2n) is 6.15. The van der Waals surface area contributed by atoms with E-state index >= 15 is 0 Å². The first kappa shape index (κ1) is 17.7. The standard InChI is InChI=1S/C17H35N3/c1-4-7-8-9-10-13-16(19-18)17(5-2,6-3)20-14-11-12-15-20/h4,16,19H,1,5-15,18H2,2-3H3. The molecule has 1 aliphatic heterocycles. The monoisotopic (exact) mass is 281 g/mol. The number of hydrazine groups is 1. The van der Waals surface area contributed by atoms with Crippen LogP contribution in [0.15, 0.2) is 12.7 Å². The smallest absolute Gasteiger partial charge is 0.0394 e. The Morgan fingerprint density at radius 2 is 1.85 bits per heavy atom. The highest BCUT2D eigenvalue weighted by Crippen LogP contribution is 2.33. The average Bonchev–Trinajstić information content (AvgIpc) is 3.01. The molecule has 3 nitrogen and oxygen atoms in total. The number of hydrogen-bond acceptors (Lipinski definition) is 3. The van der Waals surface area contributed by atoms with E-state index in [1.54, 1.807) is 0 Å². The topological polar surface area (TPSA) is 41.3 Å². The van der Waals surface area contributed by atoms with Crippen molar-refractivity contribution in [3.05, 3.63) is 12.7 Å². The summed E-state index contributed by atoms with van der Waals surface area (Å²) in [4.78, 5) is 2.70. The van der Waals surface area contributed by atoms with Crippen LogP contribution in [-0.4, -0.2) is 29.6 Å². The third-order valence-electron chi connectivity index (χ3n) is 5.21. The van der Waals surface area contributed by atoms with Gasteiger partial charge in [0.05, 0.1) is 0 Å². The molecule has 0 aromatic heterocycles. The maximum atomic E-state index is 5.93. The quantitative estimate of drug-likeness (QED) is 0.263. The van der Waals surface area contributed by atoms with E-state index in [9.17, 15) is 0 Å². The van der Waals surface area contributed by atoms with Crippen LogP contribution >= 0.6 is 0 Å². The molecule has 0 aromatic carbocycles. The lowest BCUT2D eigenvalue weighted by Gasteiger charge is -2.46. The Balaban J connectivity index is 2.58. The summed E-state index contributed by atoms with van der Waals surface area (Å²) in [5.41, 5.74) is 3.40. The zero-order chi connectivity index (χ0) is 14.8. The Bertz CT molecular complexity index is 255. The summed E-state index contributed by atoms with van der Waals surface area (Å²) < 4.78 is 0. The minimum atomic E-state index is 0.254. The van der Waals surface area contributed by atoms with Crippen molar-refractivity contribution in [3.8, 4) is 0 Å². The summed E-state index contributed by atoms with van der Waals surface area (Å²) in [5, 5.41) is 0. The van der Waals surface area contributed by atoms with Crippen LogP contribution in [0.5, 0.6) is 0 Å². The Hall–Kier alpha value is -0.380. The first-order valence-corrected chi connectivity index (χ1v) is 8.57. The Labute approximate surface area is 126 Å². The second-order valence-corrected chi connectivity index (χ2v) is 6.15. The number of hydrogen-bond donors (Lipinski definition) is 2. The van der Waals surface area contributed by atoms with Gasteiger partial charge in [-0.05, 0) is 58.0 Å². The number of nitrogens with one attached hydrogen (secondary N) is 1. The van der Waals surface area contributed by atoms with Gasteiger partial charge in [-0.15, -0.1) is 6.58 Å². The third kappa shape index (κ3) is 4.31. The van der Waals surface area contributed by atoms with Gasteiger partial charge in [-0.3, -0.25) is 16.2 Å². The molecule has 3 heteroatoms. The summed E-state index contributed by atoms with van der Waals surface area (Å²) in [5.74, 6) is 5.93. The SMILES string of the molecule is C=CCCCCCC(NN)C(CC)(CC)N1CCCC1. The summed E-state index contributed by atoms with van der Waals surface area (Å²) in [6.07, 6.45) is 13.2. The molecule has 0 spiro atoms. The molecule has 20 heavy (non-hydrogen) atoms. The highest BCUT2D eigenvalue weighted by molar-refractivity contribution is 4.99. The predicted octanol–water partition coefficient (Wildman–Crippen LogP) is 3.61. The van der Waals surface area contributed by atoms with E-state index in [4.69, 9.17) is 5.84 Å². The highest BCUT2D eigenvalue weighted by atomic mass is 15.3. The lowest BCUT2D eigenvalue weighted by atomic mass is 9.80. The van der Waals surface area contributed by atoms with E-state index in [0.29, 0.717) is 6.04 Å². The Morgan fingerprint density at radius 3 is 2.35 bits per heavy atom. The molecule has 1 unspecified atom stereocenters. The van der Waals surface area contributed by atoms with Crippen molar-refractivity contribution in [1.29, 1.82) is 0 Å². The van der Waals surface area contributed by atoms with Gasteiger partial charge in [0.25, 0.3) is 0 Å². The molecule has 0 aliphatic carbocycles. The molecule has 1 fully saturated rings. The number of nitrogens with two attached hydrogens (primary N) is 1. The van der Waals surface area contributed by atoms with E-state index < -0.39 is 0 Å². The summed E-state index contributed by atoms with van der Waals surface area (Å²) >= 11 is 0. The molecule has 0 amide bonds. The molecular weight excluding hydrogens is 246 g/mol. The van der Waals surface area contributed by atoms with Crippen molar-refractivity contribution in [2.75, 3.05) is 13.1 Å². The van der Waals surface area contributed by atoms with Crippen molar-refractivity contribution in [3.63, 3.8) is 0 Å². The van der Waals surface area contributed by atoms with Gasteiger partial charge >= 0.3 is 0 Å². The van der Waals surface area contributed by atoms with Gasteiger partial charge in [-0.2, -0.15) is 0 Å². The van der Waals surface area contributed by atoms with Crippen molar-refractivity contribution in [1.82, 2.24) is 10.3 Å². The van der Waals surface area contributed by atoms with E-state index in [0.717, 1.165) is 6.42 Å². The van der Waals surface area contributed by atoms with Crippen LogP contribution in [0.25, 0.3) is 0 Å². The number of unbranched alkanes of at least 4 members (excludes halogenated alkanes) is 3. The second kappa shape index (κ2) is 9.54. The zero-order valence-electron chi connectivity index (χ0n) is 13.7. The Morgan fingerprint density at radius 1 is 1.20 bits per heavy atom. The molecule has 1 atom stereocenters. The van der Waals surface area contributed by atoms with Crippen molar-refractivity contribution >= 4 is 0 Å². The highest BCUT2D eigenvalue weighted by Gasteiger charge is 2.41. The van der Waals surface area contributed by atoms with Crippen LogP contribution < -0.4 is 11.3 Å². The van der Waals surface area contributed by atoms with Gasteiger partial charge in [0.15, 0.2) is 0 Å². The van der Waals surface area contributed by atoms with E-state index in [2.05, 4.69) is 30.8 Å². The molecule has 1 rings (SSSR count). The van der Waals surface area contributed by atoms with E-state index in [1.165, 1.54) is 64.5 Å². The van der Waals surface area contributed by atoms with Crippen LogP contribution in [-0.2, 0) is 0 Å². The molecule has 0 bridgehead atoms. The van der Waals surface area contributed by atoms with E-state index in [-0.39, 0.29) is 5.54 Å². The number of rotatable bonds is 11. The molecule has 118 valence electrons. The van der Waals surface area contributed by atoms with Crippen LogP contribution in [0.1, 0.15) is 71.6 Å². The number of likely N-dealkylation sites (tertiary alicyclic amines) is 1. The molecule has 0 aromatic rings. The summed E-state index contributed by atoms with van der Waals surface area (Å²) in [7, 11) is 0. The van der Waals surface area contributed by atoms with Crippen LogP contribution in [0, 0.1) is 0 Å². The fraction of sp³-hybridized carbons (Fsp3) is 0.882. The van der Waals surface area contributed by atoms with Gasteiger partial charge in [0.2, 0.25) is 0 Å². The van der Waals surface area contributed by atoms with Crippen LogP contribution in [0.2, 0.25) is 0 Å². The predicted molar refractivity (Wildman–Crippen MR) is 88.5 cm³/mol. The maximum absolute atomic E-state index is 5.93. The van der Waals surface area contributed by atoms with Crippen LogP contribution in [0.3, 0.4) is 0 Å². The zero-order valence-corrected chi connectivity index (χ0v) is 13.7. The normalized spacial score (nSPS) is 18.4. The largest absolute Gasteiger partial charge is 0.296 e. The molecule has 0 saturated carbocycles. The first-order valence-electron chi connectivity index (χ1n) is 8.57. The van der Waals surface area contributed by atoms with Crippen molar-refractivity contribution < 1.29 is 0 Å². The number of nitrogens with zero attached hydrogens (tertiary/aromatic N) is 1. The number of allylic oxidation sites excluding steroid dienone is 1. The van der Waals surface area contributed by atoms with Gasteiger partial charge in [0, 0.05) is 11.6 Å². The third-order valence-corrected chi connectivity index (χ3v) is 5.21. The van der Waals surface area contributed by atoms with Crippen molar-refractivity contribution in [2.24, 2.45) is 5.84 Å². The lowest BCUT2D eigenvalue weighted by Crippen LogP contribution is -2.61. The molecular formula is C17H35N3. The first-order chi connectivity index (χ1) is 9.75. The van der Waals surface area contributed by atoms with Gasteiger partial charge in [-0.1, -0.05) is 32.8 Å².